The maximum absolute atomic E-state index is 12.5. The molecule has 1 N–H and O–H groups in total. The van der Waals surface area contributed by atoms with Gasteiger partial charge in [0, 0.05) is 31.3 Å². The van der Waals surface area contributed by atoms with Gasteiger partial charge in [-0.05, 0) is 23.8 Å². The van der Waals surface area contributed by atoms with Crippen LogP contribution >= 0.6 is 11.6 Å². The summed E-state index contributed by atoms with van der Waals surface area (Å²) in [5.41, 5.74) is 1.10. The third-order valence-electron chi connectivity index (χ3n) is 4.54. The first-order chi connectivity index (χ1) is 14.3. The zero-order valence-electron chi connectivity index (χ0n) is 16.7. The molecule has 0 bridgehead atoms. The summed E-state index contributed by atoms with van der Waals surface area (Å²) in [4.78, 5) is 12.5. The molecule has 0 atom stereocenters. The summed E-state index contributed by atoms with van der Waals surface area (Å²) < 4.78 is 37.4. The van der Waals surface area contributed by atoms with E-state index in [2.05, 4.69) is 5.32 Å². The molecule has 0 aromatic heterocycles. The van der Waals surface area contributed by atoms with E-state index >= 15 is 0 Å². The van der Waals surface area contributed by atoms with Gasteiger partial charge in [0.25, 0.3) is 0 Å². The molecule has 0 saturated heterocycles. The van der Waals surface area contributed by atoms with E-state index < -0.39 is 10.0 Å². The second-order valence-electron chi connectivity index (χ2n) is 6.46. The van der Waals surface area contributed by atoms with E-state index in [0.717, 1.165) is 0 Å². The maximum atomic E-state index is 12.5. The number of hydrogen-bond acceptors (Lipinski definition) is 5. The van der Waals surface area contributed by atoms with E-state index in [-0.39, 0.29) is 10.8 Å². The number of hydrogen-bond donors (Lipinski definition) is 1. The first kappa shape index (κ1) is 22.1. The van der Waals surface area contributed by atoms with Gasteiger partial charge in [-0.15, -0.1) is 0 Å². The molecule has 3 rings (SSSR count). The Morgan fingerprint density at radius 1 is 1.10 bits per heavy atom. The largest absolute Gasteiger partial charge is 0.486 e. The molecule has 30 heavy (non-hydrogen) atoms. The predicted octanol–water partition coefficient (Wildman–Crippen LogP) is 3.79. The van der Waals surface area contributed by atoms with E-state index in [4.69, 9.17) is 21.1 Å². The van der Waals surface area contributed by atoms with Crippen molar-refractivity contribution in [1.82, 2.24) is 4.31 Å². The average Bonchev–Trinajstić information content (AvgIpc) is 2.74. The highest BCUT2D eigenvalue weighted by molar-refractivity contribution is 7.89. The number of fused-ring (bicyclic) bond motifs is 1. The molecule has 0 radical (unpaired) electrons. The minimum absolute atomic E-state index is 0.218. The van der Waals surface area contributed by atoms with Crippen molar-refractivity contribution in [3.63, 3.8) is 0 Å². The highest BCUT2D eigenvalue weighted by atomic mass is 35.5. The van der Waals surface area contributed by atoms with Crippen molar-refractivity contribution >= 4 is 39.3 Å². The Bertz CT molecular complexity index is 1050. The van der Waals surface area contributed by atoms with Crippen LogP contribution in [-0.4, -0.2) is 44.9 Å². The highest BCUT2D eigenvalue weighted by Gasteiger charge is 2.21. The molecule has 0 aliphatic carbocycles. The Hall–Kier alpha value is -2.55. The van der Waals surface area contributed by atoms with Gasteiger partial charge < -0.3 is 14.8 Å². The molecular formula is C21H23ClN2O5S. The summed E-state index contributed by atoms with van der Waals surface area (Å²) in [6, 6.07) is 9.58. The van der Waals surface area contributed by atoms with E-state index in [1.165, 1.54) is 22.5 Å². The summed E-state index contributed by atoms with van der Waals surface area (Å²) in [6.07, 6.45) is 2.94. The summed E-state index contributed by atoms with van der Waals surface area (Å²) in [6.45, 7) is 5.29. The van der Waals surface area contributed by atoms with Crippen LogP contribution in [0.4, 0.5) is 5.69 Å². The third kappa shape index (κ3) is 4.95. The molecule has 1 aliphatic heterocycles. The lowest BCUT2D eigenvalue weighted by molar-refractivity contribution is -0.111. The lowest BCUT2D eigenvalue weighted by Gasteiger charge is -2.19. The van der Waals surface area contributed by atoms with E-state index in [9.17, 15) is 13.2 Å². The SMILES string of the molecule is CCN(CC)S(=O)(=O)c1ccc(/C=C/C(=O)Nc2cc3c(cc2Cl)OCCO3)cc1. The standard InChI is InChI=1S/C21H23ClN2O5S/c1-3-24(4-2)30(26,27)16-8-5-15(6-9-16)7-10-21(25)23-18-14-20-19(13-17(18)22)28-11-12-29-20/h5-10,13-14H,3-4,11-12H2,1-2H3,(H,23,25)/b10-7+. The predicted molar refractivity (Wildman–Crippen MR) is 117 cm³/mol. The number of rotatable bonds is 7. The molecule has 2 aromatic carbocycles. The molecule has 1 aliphatic rings. The van der Waals surface area contributed by atoms with Gasteiger partial charge >= 0.3 is 0 Å². The molecule has 9 heteroatoms. The Morgan fingerprint density at radius 2 is 1.70 bits per heavy atom. The van der Waals surface area contributed by atoms with E-state index in [0.29, 0.717) is 54.1 Å². The molecule has 1 amide bonds. The minimum Gasteiger partial charge on any atom is -0.486 e. The van der Waals surface area contributed by atoms with Gasteiger partial charge in [0.2, 0.25) is 15.9 Å². The van der Waals surface area contributed by atoms with Crippen LogP contribution in [0.15, 0.2) is 47.4 Å². The molecule has 0 saturated carbocycles. The van der Waals surface area contributed by atoms with Crippen LogP contribution in [0.2, 0.25) is 5.02 Å². The van der Waals surface area contributed by atoms with Gasteiger partial charge in [0.1, 0.15) is 13.2 Å². The number of benzene rings is 2. The van der Waals surface area contributed by atoms with Gasteiger partial charge in [0.15, 0.2) is 11.5 Å². The Kier molecular flexibility index (Phi) is 7.02. The van der Waals surface area contributed by atoms with E-state index in [1.807, 2.05) is 0 Å². The first-order valence-electron chi connectivity index (χ1n) is 9.53. The second-order valence-corrected chi connectivity index (χ2v) is 8.80. The summed E-state index contributed by atoms with van der Waals surface area (Å²) >= 11 is 6.20. The van der Waals surface area contributed by atoms with Gasteiger partial charge in [-0.1, -0.05) is 37.6 Å². The first-order valence-corrected chi connectivity index (χ1v) is 11.4. The number of ether oxygens (including phenoxy) is 2. The van der Waals surface area contributed by atoms with Crippen molar-refractivity contribution in [2.75, 3.05) is 31.6 Å². The number of sulfonamides is 1. The third-order valence-corrected chi connectivity index (χ3v) is 6.92. The molecule has 7 nitrogen and oxygen atoms in total. The Morgan fingerprint density at radius 3 is 2.30 bits per heavy atom. The van der Waals surface area contributed by atoms with Crippen LogP contribution < -0.4 is 14.8 Å². The molecule has 160 valence electrons. The number of amides is 1. The molecule has 0 spiro atoms. The fourth-order valence-corrected chi connectivity index (χ4v) is 4.63. The molecule has 0 fully saturated rings. The van der Waals surface area contributed by atoms with E-state index in [1.54, 1.807) is 44.2 Å². The number of nitrogens with zero attached hydrogens (tertiary/aromatic N) is 1. The topological polar surface area (TPSA) is 84.9 Å². The Labute approximate surface area is 181 Å². The van der Waals surface area contributed by atoms with Crippen LogP contribution in [0.3, 0.4) is 0 Å². The van der Waals surface area contributed by atoms with Crippen LogP contribution in [0, 0.1) is 0 Å². The second kappa shape index (κ2) is 9.51. The van der Waals surface area contributed by atoms with Crippen molar-refractivity contribution in [1.29, 1.82) is 0 Å². The van der Waals surface area contributed by atoms with Crippen LogP contribution in [-0.2, 0) is 14.8 Å². The van der Waals surface area contributed by atoms with Gasteiger partial charge in [-0.2, -0.15) is 4.31 Å². The van der Waals surface area contributed by atoms with Crippen molar-refractivity contribution in [2.45, 2.75) is 18.7 Å². The summed E-state index contributed by atoms with van der Waals surface area (Å²) in [5.74, 6) is 0.683. The van der Waals surface area contributed by atoms with Crippen LogP contribution in [0.1, 0.15) is 19.4 Å². The zero-order chi connectivity index (χ0) is 21.7. The molecule has 1 heterocycles. The molecule has 0 unspecified atom stereocenters. The lowest BCUT2D eigenvalue weighted by Crippen LogP contribution is -2.30. The smallest absolute Gasteiger partial charge is 0.248 e. The number of anilines is 1. The average molecular weight is 451 g/mol. The van der Waals surface area contributed by atoms with Crippen molar-refractivity contribution in [2.24, 2.45) is 0 Å². The Balaban J connectivity index is 1.68. The summed E-state index contributed by atoms with van der Waals surface area (Å²) in [5, 5.41) is 3.04. The van der Waals surface area contributed by atoms with Gasteiger partial charge in [0.05, 0.1) is 15.6 Å². The fourth-order valence-electron chi connectivity index (χ4n) is 2.97. The maximum Gasteiger partial charge on any atom is 0.248 e. The summed E-state index contributed by atoms with van der Waals surface area (Å²) in [7, 11) is -3.51. The normalized spacial score (nSPS) is 13.6. The van der Waals surface area contributed by atoms with Gasteiger partial charge in [-0.25, -0.2) is 8.42 Å². The van der Waals surface area contributed by atoms with Crippen molar-refractivity contribution in [3.05, 3.63) is 53.1 Å². The number of carbonyl (C=O) groups is 1. The molecular weight excluding hydrogens is 428 g/mol. The number of halogens is 1. The number of nitrogens with one attached hydrogen (secondary N) is 1. The zero-order valence-corrected chi connectivity index (χ0v) is 18.3. The van der Waals surface area contributed by atoms with Crippen molar-refractivity contribution in [3.8, 4) is 11.5 Å². The lowest BCUT2D eigenvalue weighted by atomic mass is 10.2. The fraction of sp³-hybridized carbons (Fsp3) is 0.286. The van der Waals surface area contributed by atoms with Crippen molar-refractivity contribution < 1.29 is 22.7 Å². The highest BCUT2D eigenvalue weighted by Crippen LogP contribution is 2.37. The minimum atomic E-state index is -3.51. The number of carbonyl (C=O) groups excluding carboxylic acids is 1. The monoisotopic (exact) mass is 450 g/mol. The van der Waals surface area contributed by atoms with Gasteiger partial charge in [-0.3, -0.25) is 4.79 Å². The quantitative estimate of drug-likeness (QED) is 0.648. The molecule has 2 aromatic rings. The van der Waals surface area contributed by atoms with Crippen LogP contribution in [0.25, 0.3) is 6.08 Å². The van der Waals surface area contributed by atoms with Crippen LogP contribution in [0.5, 0.6) is 11.5 Å².